The second-order valence-electron chi connectivity index (χ2n) is 6.52. The molecule has 0 aliphatic heterocycles. The Morgan fingerprint density at radius 3 is 2.71 bits per heavy atom. The van der Waals surface area contributed by atoms with Gasteiger partial charge in [-0.2, -0.15) is 0 Å². The molecule has 24 heavy (non-hydrogen) atoms. The predicted octanol–water partition coefficient (Wildman–Crippen LogP) is 3.08. The second-order valence-corrected chi connectivity index (χ2v) is 7.44. The number of hydrogen-bond donors (Lipinski definition) is 2. The first-order valence-electron chi connectivity index (χ1n) is 8.58. The summed E-state index contributed by atoms with van der Waals surface area (Å²) in [5.74, 6) is 1.22. The molecule has 0 aromatic carbocycles. The quantitative estimate of drug-likeness (QED) is 0.730. The summed E-state index contributed by atoms with van der Waals surface area (Å²) in [7, 11) is 0. The molecule has 2 N–H and O–H groups in total. The highest BCUT2D eigenvalue weighted by Gasteiger charge is 2.21. The number of aromatic nitrogens is 2. The van der Waals surface area contributed by atoms with Crippen molar-refractivity contribution in [3.8, 4) is 0 Å². The van der Waals surface area contributed by atoms with Crippen LogP contribution >= 0.6 is 11.8 Å². The van der Waals surface area contributed by atoms with Crippen LogP contribution in [0.1, 0.15) is 64.2 Å². The molecule has 1 saturated carbocycles. The van der Waals surface area contributed by atoms with Crippen molar-refractivity contribution in [3.05, 3.63) is 5.89 Å². The van der Waals surface area contributed by atoms with Crippen LogP contribution in [0.15, 0.2) is 9.64 Å². The molecule has 1 heterocycles. The molecule has 0 radical (unpaired) electrons. The fourth-order valence-corrected chi connectivity index (χ4v) is 3.17. The molecule has 0 saturated heterocycles. The van der Waals surface area contributed by atoms with E-state index in [1.165, 1.54) is 19.3 Å². The van der Waals surface area contributed by atoms with Gasteiger partial charge in [-0.3, -0.25) is 10.1 Å². The predicted molar refractivity (Wildman–Crippen MR) is 91.8 cm³/mol. The highest BCUT2D eigenvalue weighted by molar-refractivity contribution is 7.99. The Morgan fingerprint density at radius 2 is 2.00 bits per heavy atom. The van der Waals surface area contributed by atoms with Crippen molar-refractivity contribution >= 4 is 23.7 Å². The first kappa shape index (κ1) is 18.8. The minimum Gasteiger partial charge on any atom is -0.416 e. The van der Waals surface area contributed by atoms with Gasteiger partial charge in [0.15, 0.2) is 0 Å². The third-order valence-corrected chi connectivity index (χ3v) is 4.78. The molecule has 3 amide bonds. The topological polar surface area (TPSA) is 97.1 Å². The van der Waals surface area contributed by atoms with Crippen LogP contribution in [0.5, 0.6) is 0 Å². The van der Waals surface area contributed by atoms with Gasteiger partial charge in [0.05, 0.1) is 5.75 Å². The van der Waals surface area contributed by atoms with Crippen LogP contribution in [-0.2, 0) is 4.79 Å². The zero-order valence-electron chi connectivity index (χ0n) is 14.3. The first-order valence-corrected chi connectivity index (χ1v) is 9.57. The number of nitrogens with one attached hydrogen (secondary N) is 2. The Kier molecular flexibility index (Phi) is 7.55. The summed E-state index contributed by atoms with van der Waals surface area (Å²) in [6, 6.07) is -0.463. The Morgan fingerprint density at radius 1 is 1.25 bits per heavy atom. The molecule has 1 aliphatic rings. The van der Waals surface area contributed by atoms with Crippen molar-refractivity contribution in [2.75, 3.05) is 12.3 Å². The fourth-order valence-electron chi connectivity index (χ4n) is 2.60. The summed E-state index contributed by atoms with van der Waals surface area (Å²) in [5, 5.41) is 13.4. The van der Waals surface area contributed by atoms with E-state index in [1.807, 2.05) is 0 Å². The van der Waals surface area contributed by atoms with Gasteiger partial charge in [0.1, 0.15) is 0 Å². The number of urea groups is 1. The monoisotopic (exact) mass is 354 g/mol. The van der Waals surface area contributed by atoms with Crippen molar-refractivity contribution in [1.29, 1.82) is 0 Å². The summed E-state index contributed by atoms with van der Waals surface area (Å²) in [5.41, 5.74) is 0. The van der Waals surface area contributed by atoms with Crippen LogP contribution in [0.4, 0.5) is 4.79 Å². The Balaban J connectivity index is 1.68. The fraction of sp³-hybridized carbons (Fsp3) is 0.750. The largest absolute Gasteiger partial charge is 0.416 e. The van der Waals surface area contributed by atoms with Gasteiger partial charge in [0, 0.05) is 12.5 Å². The molecule has 134 valence electrons. The third kappa shape index (κ3) is 6.51. The molecule has 2 rings (SSSR count). The third-order valence-electron chi connectivity index (χ3n) is 3.96. The summed E-state index contributed by atoms with van der Waals surface area (Å²) < 4.78 is 5.63. The molecule has 0 atom stereocenters. The van der Waals surface area contributed by atoms with Crippen molar-refractivity contribution in [3.63, 3.8) is 0 Å². The number of rotatable bonds is 7. The zero-order chi connectivity index (χ0) is 17.4. The maximum atomic E-state index is 11.7. The lowest BCUT2D eigenvalue weighted by molar-refractivity contribution is -0.117. The van der Waals surface area contributed by atoms with E-state index >= 15 is 0 Å². The minimum absolute atomic E-state index is 0.0733. The minimum atomic E-state index is -0.463. The number of carbonyl (C=O) groups is 2. The number of carbonyl (C=O) groups excluding carboxylic acids is 2. The van der Waals surface area contributed by atoms with E-state index in [0.717, 1.165) is 31.0 Å². The van der Waals surface area contributed by atoms with Gasteiger partial charge in [-0.05, 0) is 25.2 Å². The molecule has 1 aromatic rings. The van der Waals surface area contributed by atoms with Gasteiger partial charge in [-0.25, -0.2) is 4.79 Å². The number of hydrogen-bond acceptors (Lipinski definition) is 6. The Bertz CT molecular complexity index is 541. The zero-order valence-corrected chi connectivity index (χ0v) is 15.2. The number of imide groups is 1. The smallest absolute Gasteiger partial charge is 0.321 e. The lowest BCUT2D eigenvalue weighted by atomic mass is 9.89. The molecular formula is C16H26N4O3S. The average Bonchev–Trinajstić information content (AvgIpc) is 3.02. The van der Waals surface area contributed by atoms with E-state index in [9.17, 15) is 9.59 Å². The molecule has 1 fully saturated rings. The number of nitrogens with zero attached hydrogens (tertiary/aromatic N) is 2. The molecule has 0 bridgehead atoms. The molecular weight excluding hydrogens is 328 g/mol. The van der Waals surface area contributed by atoms with E-state index in [1.54, 1.807) is 0 Å². The maximum Gasteiger partial charge on any atom is 0.321 e. The second kappa shape index (κ2) is 9.66. The lowest BCUT2D eigenvalue weighted by Gasteiger charge is -2.17. The summed E-state index contributed by atoms with van der Waals surface area (Å²) >= 11 is 1.15. The van der Waals surface area contributed by atoms with Crippen LogP contribution in [-0.4, -0.2) is 34.4 Å². The number of amides is 3. The molecule has 0 spiro atoms. The molecule has 7 nitrogen and oxygen atoms in total. The van der Waals surface area contributed by atoms with Crippen LogP contribution in [0, 0.1) is 5.92 Å². The molecule has 1 aliphatic carbocycles. The van der Waals surface area contributed by atoms with Gasteiger partial charge >= 0.3 is 6.03 Å². The standard InChI is InChI=1S/C16H26N4O3S/c1-11(2)8-9-17-15(22)18-13(21)10-24-16-20-19-14(23-16)12-6-4-3-5-7-12/h11-12H,3-10H2,1-2H3,(H2,17,18,21,22). The Labute approximate surface area is 146 Å². The Hall–Kier alpha value is -1.57. The molecule has 0 unspecified atom stereocenters. The van der Waals surface area contributed by atoms with Gasteiger partial charge in [0.25, 0.3) is 5.22 Å². The van der Waals surface area contributed by atoms with E-state index in [0.29, 0.717) is 29.5 Å². The highest BCUT2D eigenvalue weighted by Crippen LogP contribution is 2.32. The maximum absolute atomic E-state index is 11.7. The number of thioether (sulfide) groups is 1. The van der Waals surface area contributed by atoms with Gasteiger partial charge < -0.3 is 9.73 Å². The van der Waals surface area contributed by atoms with Crippen molar-refractivity contribution in [2.45, 2.75) is 63.5 Å². The van der Waals surface area contributed by atoms with Crippen LogP contribution < -0.4 is 10.6 Å². The molecule has 8 heteroatoms. The van der Waals surface area contributed by atoms with Crippen LogP contribution in [0.25, 0.3) is 0 Å². The van der Waals surface area contributed by atoms with Gasteiger partial charge in [-0.1, -0.05) is 44.9 Å². The van der Waals surface area contributed by atoms with Crippen molar-refractivity contribution < 1.29 is 14.0 Å². The van der Waals surface area contributed by atoms with Gasteiger partial charge in [0.2, 0.25) is 11.8 Å². The highest BCUT2D eigenvalue weighted by atomic mass is 32.2. The summed E-state index contributed by atoms with van der Waals surface area (Å²) in [6.45, 7) is 4.71. The SMILES string of the molecule is CC(C)CCNC(=O)NC(=O)CSc1nnc(C2CCCCC2)o1. The van der Waals surface area contributed by atoms with E-state index in [2.05, 4.69) is 34.7 Å². The van der Waals surface area contributed by atoms with Crippen molar-refractivity contribution in [1.82, 2.24) is 20.8 Å². The van der Waals surface area contributed by atoms with Crippen LogP contribution in [0.3, 0.4) is 0 Å². The van der Waals surface area contributed by atoms with E-state index in [-0.39, 0.29) is 11.7 Å². The lowest BCUT2D eigenvalue weighted by Crippen LogP contribution is -2.40. The first-order chi connectivity index (χ1) is 11.5. The molecule has 1 aromatic heterocycles. The summed E-state index contributed by atoms with van der Waals surface area (Å²) in [4.78, 5) is 23.3. The van der Waals surface area contributed by atoms with Crippen molar-refractivity contribution in [2.24, 2.45) is 5.92 Å². The van der Waals surface area contributed by atoms with E-state index < -0.39 is 6.03 Å². The summed E-state index contributed by atoms with van der Waals surface area (Å²) in [6.07, 6.45) is 6.72. The van der Waals surface area contributed by atoms with Crippen LogP contribution in [0.2, 0.25) is 0 Å². The normalized spacial score (nSPS) is 15.5. The van der Waals surface area contributed by atoms with E-state index in [4.69, 9.17) is 4.42 Å². The van der Waals surface area contributed by atoms with Gasteiger partial charge in [-0.15, -0.1) is 10.2 Å². The average molecular weight is 354 g/mol.